The van der Waals surface area contributed by atoms with Crippen LogP contribution in [-0.4, -0.2) is 51.5 Å². The van der Waals surface area contributed by atoms with Gasteiger partial charge in [0.1, 0.15) is 12.4 Å². The Balaban J connectivity index is 1.64. The molecular formula is C21H29N5O2. The summed E-state index contributed by atoms with van der Waals surface area (Å²) in [4.78, 5) is 14.5. The van der Waals surface area contributed by atoms with E-state index in [1.165, 1.54) is 5.56 Å². The van der Waals surface area contributed by atoms with Crippen molar-refractivity contribution in [2.24, 2.45) is 0 Å². The first kappa shape index (κ1) is 20.1. The molecule has 0 aliphatic carbocycles. The highest BCUT2D eigenvalue weighted by Crippen LogP contribution is 2.25. The van der Waals surface area contributed by atoms with Gasteiger partial charge in [-0.25, -0.2) is 4.68 Å². The quantitative estimate of drug-likeness (QED) is 0.710. The fraction of sp³-hybridized carbons (Fsp3) is 0.476. The van der Waals surface area contributed by atoms with Crippen LogP contribution < -0.4 is 10.1 Å². The minimum Gasteiger partial charge on any atom is -0.489 e. The van der Waals surface area contributed by atoms with E-state index in [1.54, 1.807) is 12.3 Å². The van der Waals surface area contributed by atoms with E-state index in [9.17, 15) is 4.79 Å². The Bertz CT molecular complexity index is 802. The van der Waals surface area contributed by atoms with E-state index in [0.29, 0.717) is 12.3 Å². The number of carbonyl (C=O) groups excluding carboxylic acids is 1. The lowest BCUT2D eigenvalue weighted by Crippen LogP contribution is -2.36. The van der Waals surface area contributed by atoms with Gasteiger partial charge in [0.25, 0.3) is 5.91 Å². The van der Waals surface area contributed by atoms with Crippen LogP contribution in [0.15, 0.2) is 43.1 Å². The molecule has 7 nitrogen and oxygen atoms in total. The first-order valence-corrected chi connectivity index (χ1v) is 9.83. The van der Waals surface area contributed by atoms with Gasteiger partial charge in [-0.2, -0.15) is 0 Å². The van der Waals surface area contributed by atoms with Gasteiger partial charge in [-0.3, -0.25) is 9.69 Å². The third-order valence-electron chi connectivity index (χ3n) is 4.74. The lowest BCUT2D eigenvalue weighted by molar-refractivity contribution is 0.0938. The zero-order valence-electron chi connectivity index (χ0n) is 16.7. The smallest absolute Gasteiger partial charge is 0.273 e. The molecule has 150 valence electrons. The number of nitrogens with one attached hydrogen (secondary N) is 1. The Morgan fingerprint density at radius 1 is 1.43 bits per heavy atom. The van der Waals surface area contributed by atoms with E-state index in [4.69, 9.17) is 4.74 Å². The Labute approximate surface area is 166 Å². The van der Waals surface area contributed by atoms with Crippen LogP contribution >= 0.6 is 0 Å². The maximum absolute atomic E-state index is 12.1. The molecular weight excluding hydrogens is 354 g/mol. The van der Waals surface area contributed by atoms with E-state index < -0.39 is 0 Å². The maximum atomic E-state index is 12.1. The van der Waals surface area contributed by atoms with E-state index in [-0.39, 0.29) is 18.0 Å². The number of aromatic nitrogens is 3. The number of carbonyl (C=O) groups is 1. The van der Waals surface area contributed by atoms with Gasteiger partial charge >= 0.3 is 0 Å². The second kappa shape index (κ2) is 9.50. The monoisotopic (exact) mass is 383 g/mol. The van der Waals surface area contributed by atoms with Crippen LogP contribution in [0.3, 0.4) is 0 Å². The van der Waals surface area contributed by atoms with Gasteiger partial charge < -0.3 is 10.1 Å². The van der Waals surface area contributed by atoms with E-state index >= 15 is 0 Å². The third kappa shape index (κ3) is 5.19. The molecule has 2 aromatic rings. The number of ether oxygens (including phenoxy) is 1. The van der Waals surface area contributed by atoms with Gasteiger partial charge in [-0.05, 0) is 39.3 Å². The van der Waals surface area contributed by atoms with Crippen LogP contribution in [0.5, 0.6) is 5.75 Å². The predicted octanol–water partition coefficient (Wildman–Crippen LogP) is 2.82. The molecule has 1 amide bonds. The second-order valence-electron chi connectivity index (χ2n) is 7.45. The van der Waals surface area contributed by atoms with Crippen LogP contribution in [0, 0.1) is 0 Å². The van der Waals surface area contributed by atoms with Crippen molar-refractivity contribution in [2.75, 3.05) is 19.7 Å². The average molecular weight is 383 g/mol. The lowest BCUT2D eigenvalue weighted by atomic mass is 10.0. The van der Waals surface area contributed by atoms with Crippen LogP contribution in [0.4, 0.5) is 0 Å². The molecule has 1 aliphatic rings. The highest BCUT2D eigenvalue weighted by Gasteiger charge is 2.24. The molecule has 7 heteroatoms. The van der Waals surface area contributed by atoms with Crippen molar-refractivity contribution in [1.82, 2.24) is 25.2 Å². The Morgan fingerprint density at radius 3 is 3.04 bits per heavy atom. The fourth-order valence-electron chi connectivity index (χ4n) is 3.45. The van der Waals surface area contributed by atoms with Crippen molar-refractivity contribution in [3.63, 3.8) is 0 Å². The second-order valence-corrected chi connectivity index (χ2v) is 7.45. The number of likely N-dealkylation sites (tertiary alicyclic amines) is 1. The largest absolute Gasteiger partial charge is 0.489 e. The first-order chi connectivity index (χ1) is 13.6. The molecule has 1 atom stereocenters. The Hall–Kier alpha value is -2.67. The van der Waals surface area contributed by atoms with Crippen LogP contribution in [-0.2, 0) is 6.54 Å². The summed E-state index contributed by atoms with van der Waals surface area (Å²) in [6.07, 6.45) is 5.62. The Morgan fingerprint density at radius 2 is 2.25 bits per heavy atom. The molecule has 0 radical (unpaired) electrons. The third-order valence-corrected chi connectivity index (χ3v) is 4.74. The highest BCUT2D eigenvalue weighted by molar-refractivity contribution is 5.91. The summed E-state index contributed by atoms with van der Waals surface area (Å²) in [5.74, 6) is 0.722. The zero-order chi connectivity index (χ0) is 19.9. The van der Waals surface area contributed by atoms with Crippen LogP contribution in [0.25, 0.3) is 0 Å². The van der Waals surface area contributed by atoms with Gasteiger partial charge in [0.05, 0.1) is 12.2 Å². The molecule has 0 spiro atoms. The van der Waals surface area contributed by atoms with E-state index in [0.717, 1.165) is 38.2 Å². The van der Waals surface area contributed by atoms with Gasteiger partial charge in [0, 0.05) is 24.7 Å². The molecule has 1 fully saturated rings. The number of para-hydroxylation sites is 1. The van der Waals surface area contributed by atoms with Crippen LogP contribution in [0.1, 0.15) is 48.8 Å². The van der Waals surface area contributed by atoms with Crippen molar-refractivity contribution in [1.29, 1.82) is 0 Å². The van der Waals surface area contributed by atoms with E-state index in [1.807, 2.05) is 36.7 Å². The number of piperidine rings is 1. The first-order valence-electron chi connectivity index (χ1n) is 9.83. The molecule has 1 saturated heterocycles. The summed E-state index contributed by atoms with van der Waals surface area (Å²) < 4.78 is 7.62. The summed E-state index contributed by atoms with van der Waals surface area (Å²) in [7, 11) is 0. The molecule has 3 rings (SSSR count). The van der Waals surface area contributed by atoms with Crippen molar-refractivity contribution in [3.8, 4) is 5.75 Å². The predicted molar refractivity (Wildman–Crippen MR) is 108 cm³/mol. The average Bonchev–Trinajstić information content (AvgIpc) is 3.17. The molecule has 28 heavy (non-hydrogen) atoms. The molecule has 0 bridgehead atoms. The summed E-state index contributed by atoms with van der Waals surface area (Å²) >= 11 is 0. The van der Waals surface area contributed by atoms with Crippen molar-refractivity contribution < 1.29 is 9.53 Å². The molecule has 1 aliphatic heterocycles. The van der Waals surface area contributed by atoms with Gasteiger partial charge in [-0.1, -0.05) is 36.1 Å². The summed E-state index contributed by atoms with van der Waals surface area (Å²) in [5.41, 5.74) is 1.54. The fourth-order valence-corrected chi connectivity index (χ4v) is 3.45. The van der Waals surface area contributed by atoms with Crippen molar-refractivity contribution in [3.05, 3.63) is 54.4 Å². The SMILES string of the molecule is C=CCOc1ccccc1CN1CCC[C@H](n2cc(C(=O)NC(C)C)nn2)C1. The summed E-state index contributed by atoms with van der Waals surface area (Å²) in [5, 5.41) is 11.1. The number of hydrogen-bond acceptors (Lipinski definition) is 5. The van der Waals surface area contributed by atoms with E-state index in [2.05, 4.69) is 33.2 Å². The lowest BCUT2D eigenvalue weighted by Gasteiger charge is -2.32. The van der Waals surface area contributed by atoms with Crippen LogP contribution in [0.2, 0.25) is 0 Å². The summed E-state index contributed by atoms with van der Waals surface area (Å²) in [6, 6.07) is 8.41. The van der Waals surface area contributed by atoms with Gasteiger partial charge in [-0.15, -0.1) is 5.10 Å². The zero-order valence-corrected chi connectivity index (χ0v) is 16.7. The summed E-state index contributed by atoms with van der Waals surface area (Å²) in [6.45, 7) is 10.8. The number of benzene rings is 1. The van der Waals surface area contributed by atoms with Crippen molar-refractivity contribution >= 4 is 5.91 Å². The molecule has 2 heterocycles. The molecule has 1 aromatic carbocycles. The minimum atomic E-state index is -0.179. The molecule has 0 saturated carbocycles. The topological polar surface area (TPSA) is 72.3 Å². The number of rotatable bonds is 8. The molecule has 0 unspecified atom stereocenters. The minimum absolute atomic E-state index is 0.0752. The molecule has 1 N–H and O–H groups in total. The number of nitrogens with zero attached hydrogens (tertiary/aromatic N) is 4. The van der Waals surface area contributed by atoms with Gasteiger partial charge in [0.15, 0.2) is 5.69 Å². The number of hydrogen-bond donors (Lipinski definition) is 1. The Kier molecular flexibility index (Phi) is 6.81. The number of amides is 1. The highest BCUT2D eigenvalue weighted by atomic mass is 16.5. The standard InChI is InChI=1S/C21H29N5O2/c1-4-12-28-20-10-6-5-8-17(20)13-25-11-7-9-18(14-25)26-15-19(23-24-26)21(27)22-16(2)3/h4-6,8,10,15-16,18H,1,7,9,11-14H2,2-3H3,(H,22,27)/t18-/m0/s1. The maximum Gasteiger partial charge on any atom is 0.273 e. The molecule has 1 aromatic heterocycles. The van der Waals surface area contributed by atoms with Gasteiger partial charge in [0.2, 0.25) is 0 Å². The normalized spacial score (nSPS) is 17.5. The van der Waals surface area contributed by atoms with Crippen molar-refractivity contribution in [2.45, 2.75) is 45.3 Å².